The molecule has 0 aliphatic rings. The Hall–Kier alpha value is -1.02. The van der Waals surface area contributed by atoms with Crippen molar-refractivity contribution in [2.75, 3.05) is 7.11 Å². The van der Waals surface area contributed by atoms with Crippen molar-refractivity contribution in [3.63, 3.8) is 0 Å². The lowest BCUT2D eigenvalue weighted by Crippen LogP contribution is -2.14. The molecule has 0 bridgehead atoms. The summed E-state index contributed by atoms with van der Waals surface area (Å²) in [4.78, 5) is 0. The molecule has 0 saturated carbocycles. The van der Waals surface area contributed by atoms with E-state index in [1.807, 2.05) is 18.2 Å². The SMILES string of the molecule is COc1c(C(C)O)cccc1C(C)(C)C. The first kappa shape index (κ1) is 12.1. The first-order valence-corrected chi connectivity index (χ1v) is 5.23. The van der Waals surface area contributed by atoms with Crippen molar-refractivity contribution < 1.29 is 9.84 Å². The summed E-state index contributed by atoms with van der Waals surface area (Å²) in [6, 6.07) is 5.91. The summed E-state index contributed by atoms with van der Waals surface area (Å²) < 4.78 is 5.40. The van der Waals surface area contributed by atoms with Crippen LogP contribution in [-0.2, 0) is 5.41 Å². The van der Waals surface area contributed by atoms with Crippen LogP contribution in [0.25, 0.3) is 0 Å². The Morgan fingerprint density at radius 3 is 2.27 bits per heavy atom. The number of aliphatic hydroxyl groups excluding tert-OH is 1. The molecule has 1 N–H and O–H groups in total. The van der Waals surface area contributed by atoms with Crippen LogP contribution in [-0.4, -0.2) is 12.2 Å². The highest BCUT2D eigenvalue weighted by atomic mass is 16.5. The number of hydrogen-bond donors (Lipinski definition) is 1. The highest BCUT2D eigenvalue weighted by Gasteiger charge is 2.21. The molecule has 2 heteroatoms. The second-order valence-electron chi connectivity index (χ2n) is 4.85. The molecule has 2 nitrogen and oxygen atoms in total. The van der Waals surface area contributed by atoms with Crippen molar-refractivity contribution in [1.29, 1.82) is 0 Å². The molecule has 1 aromatic carbocycles. The molecule has 1 rings (SSSR count). The van der Waals surface area contributed by atoms with Gasteiger partial charge in [0.2, 0.25) is 0 Å². The van der Waals surface area contributed by atoms with Crippen LogP contribution in [0.4, 0.5) is 0 Å². The van der Waals surface area contributed by atoms with E-state index < -0.39 is 6.10 Å². The summed E-state index contributed by atoms with van der Waals surface area (Å²) in [6.07, 6.45) is -0.498. The Kier molecular flexibility index (Phi) is 3.40. The van der Waals surface area contributed by atoms with Gasteiger partial charge in [0.15, 0.2) is 0 Å². The standard InChI is InChI=1S/C13H20O2/c1-9(14)10-7-6-8-11(12(10)15-5)13(2,3)4/h6-9,14H,1-5H3. The molecular formula is C13H20O2. The highest BCUT2D eigenvalue weighted by Crippen LogP contribution is 2.36. The second-order valence-corrected chi connectivity index (χ2v) is 4.85. The van der Waals surface area contributed by atoms with E-state index >= 15 is 0 Å². The average Bonchev–Trinajstić information content (AvgIpc) is 2.15. The number of benzene rings is 1. The van der Waals surface area contributed by atoms with E-state index in [-0.39, 0.29) is 5.41 Å². The third-order valence-corrected chi connectivity index (χ3v) is 2.51. The van der Waals surface area contributed by atoms with Crippen LogP contribution in [0.2, 0.25) is 0 Å². The fourth-order valence-corrected chi connectivity index (χ4v) is 1.70. The van der Waals surface area contributed by atoms with Gasteiger partial charge in [0.05, 0.1) is 13.2 Å². The van der Waals surface area contributed by atoms with E-state index in [4.69, 9.17) is 4.74 Å². The molecule has 0 aromatic heterocycles. The summed E-state index contributed by atoms with van der Waals surface area (Å²) in [5, 5.41) is 9.65. The molecule has 1 atom stereocenters. The molecule has 0 aliphatic heterocycles. The van der Waals surface area contributed by atoms with Crippen LogP contribution in [0.5, 0.6) is 5.75 Å². The third-order valence-electron chi connectivity index (χ3n) is 2.51. The van der Waals surface area contributed by atoms with Gasteiger partial charge in [-0.2, -0.15) is 0 Å². The minimum Gasteiger partial charge on any atom is -0.496 e. The first-order valence-electron chi connectivity index (χ1n) is 5.23. The number of hydrogen-bond acceptors (Lipinski definition) is 2. The molecule has 0 aliphatic carbocycles. The van der Waals surface area contributed by atoms with Gasteiger partial charge in [-0.1, -0.05) is 39.0 Å². The van der Waals surface area contributed by atoms with Crippen LogP contribution >= 0.6 is 0 Å². The Morgan fingerprint density at radius 2 is 1.87 bits per heavy atom. The van der Waals surface area contributed by atoms with Crippen LogP contribution in [0.1, 0.15) is 44.9 Å². The monoisotopic (exact) mass is 208 g/mol. The normalized spacial score (nSPS) is 13.7. The van der Waals surface area contributed by atoms with Gasteiger partial charge in [-0.3, -0.25) is 0 Å². The quantitative estimate of drug-likeness (QED) is 0.809. The molecule has 0 saturated heterocycles. The van der Waals surface area contributed by atoms with Crippen LogP contribution in [0, 0.1) is 0 Å². The maximum absolute atomic E-state index is 9.65. The summed E-state index contributed by atoms with van der Waals surface area (Å²) in [5.74, 6) is 0.806. The van der Waals surface area contributed by atoms with E-state index in [0.717, 1.165) is 16.9 Å². The minimum atomic E-state index is -0.498. The van der Waals surface area contributed by atoms with E-state index in [1.54, 1.807) is 14.0 Å². The molecule has 1 unspecified atom stereocenters. The molecule has 0 heterocycles. The molecular weight excluding hydrogens is 188 g/mol. The number of aliphatic hydroxyl groups is 1. The molecule has 84 valence electrons. The van der Waals surface area contributed by atoms with E-state index in [9.17, 15) is 5.11 Å². The Labute approximate surface area is 91.9 Å². The molecule has 0 radical (unpaired) electrons. The summed E-state index contributed by atoms with van der Waals surface area (Å²) in [6.45, 7) is 8.16. The lowest BCUT2D eigenvalue weighted by atomic mass is 9.84. The zero-order chi connectivity index (χ0) is 11.6. The summed E-state index contributed by atoms with van der Waals surface area (Å²) in [7, 11) is 1.65. The van der Waals surface area contributed by atoms with Gasteiger partial charge < -0.3 is 9.84 Å². The Bertz CT molecular complexity index is 335. The number of ether oxygens (including phenoxy) is 1. The summed E-state index contributed by atoms with van der Waals surface area (Å²) >= 11 is 0. The molecule has 0 spiro atoms. The maximum Gasteiger partial charge on any atom is 0.128 e. The minimum absolute atomic E-state index is 0.0241. The molecule has 0 amide bonds. The highest BCUT2D eigenvalue weighted by molar-refractivity contribution is 5.46. The Morgan fingerprint density at radius 1 is 1.27 bits per heavy atom. The van der Waals surface area contributed by atoms with Gasteiger partial charge in [-0.25, -0.2) is 0 Å². The topological polar surface area (TPSA) is 29.5 Å². The molecule has 1 aromatic rings. The fraction of sp³-hybridized carbons (Fsp3) is 0.538. The molecule has 15 heavy (non-hydrogen) atoms. The van der Waals surface area contributed by atoms with Gasteiger partial charge in [-0.15, -0.1) is 0 Å². The van der Waals surface area contributed by atoms with Gasteiger partial charge in [-0.05, 0) is 17.9 Å². The second kappa shape index (κ2) is 4.23. The average molecular weight is 208 g/mol. The number of para-hydroxylation sites is 1. The zero-order valence-electron chi connectivity index (χ0n) is 10.2. The van der Waals surface area contributed by atoms with E-state index in [1.165, 1.54) is 0 Å². The van der Waals surface area contributed by atoms with Crippen molar-refractivity contribution >= 4 is 0 Å². The Balaban J connectivity index is 3.35. The van der Waals surface area contributed by atoms with Crippen molar-refractivity contribution in [2.45, 2.75) is 39.2 Å². The third kappa shape index (κ3) is 2.51. The van der Waals surface area contributed by atoms with E-state index in [0.29, 0.717) is 0 Å². The predicted molar refractivity (Wildman–Crippen MR) is 62.3 cm³/mol. The van der Waals surface area contributed by atoms with Crippen LogP contribution < -0.4 is 4.74 Å². The van der Waals surface area contributed by atoms with Gasteiger partial charge in [0.1, 0.15) is 5.75 Å². The smallest absolute Gasteiger partial charge is 0.128 e. The first-order chi connectivity index (χ1) is 6.88. The van der Waals surface area contributed by atoms with Crippen LogP contribution in [0.3, 0.4) is 0 Å². The lowest BCUT2D eigenvalue weighted by molar-refractivity contribution is 0.193. The zero-order valence-corrected chi connectivity index (χ0v) is 10.2. The van der Waals surface area contributed by atoms with Gasteiger partial charge in [0, 0.05) is 5.56 Å². The van der Waals surface area contributed by atoms with Crippen molar-refractivity contribution in [1.82, 2.24) is 0 Å². The van der Waals surface area contributed by atoms with Crippen molar-refractivity contribution in [3.8, 4) is 5.75 Å². The summed E-state index contributed by atoms with van der Waals surface area (Å²) in [5.41, 5.74) is 2.00. The predicted octanol–water partition coefficient (Wildman–Crippen LogP) is 3.05. The van der Waals surface area contributed by atoms with E-state index in [2.05, 4.69) is 20.8 Å². The maximum atomic E-state index is 9.65. The van der Waals surface area contributed by atoms with Gasteiger partial charge >= 0.3 is 0 Å². The van der Waals surface area contributed by atoms with Crippen molar-refractivity contribution in [2.24, 2.45) is 0 Å². The fourth-order valence-electron chi connectivity index (χ4n) is 1.70. The van der Waals surface area contributed by atoms with Gasteiger partial charge in [0.25, 0.3) is 0 Å². The number of methoxy groups -OCH3 is 1. The lowest BCUT2D eigenvalue weighted by Gasteiger charge is -2.24. The largest absolute Gasteiger partial charge is 0.496 e. The number of rotatable bonds is 2. The molecule has 0 fully saturated rings. The van der Waals surface area contributed by atoms with Crippen molar-refractivity contribution in [3.05, 3.63) is 29.3 Å². The van der Waals surface area contributed by atoms with Crippen LogP contribution in [0.15, 0.2) is 18.2 Å².